The van der Waals surface area contributed by atoms with Crippen LogP contribution in [0.5, 0.6) is 0 Å². The number of thiol groups is 1. The van der Waals surface area contributed by atoms with E-state index >= 15 is 0 Å². The van der Waals surface area contributed by atoms with Crippen molar-refractivity contribution in [3.8, 4) is 0 Å². The summed E-state index contributed by atoms with van der Waals surface area (Å²) in [6.45, 7) is 0. The van der Waals surface area contributed by atoms with Crippen LogP contribution in [0.1, 0.15) is 18.1 Å². The first kappa shape index (κ1) is 13.3. The smallest absolute Gasteiger partial charge is 0.105 e. The van der Waals surface area contributed by atoms with Crippen LogP contribution < -0.4 is 0 Å². The fraction of sp³-hybridized carbons (Fsp3) is 0.400. The van der Waals surface area contributed by atoms with Crippen molar-refractivity contribution in [1.82, 2.24) is 0 Å². The zero-order valence-electron chi connectivity index (χ0n) is 7.90. The molecule has 1 aromatic carbocycles. The van der Waals surface area contributed by atoms with E-state index in [2.05, 4.69) is 28.6 Å². The summed E-state index contributed by atoms with van der Waals surface area (Å²) in [6.07, 6.45) is -1.28. The summed E-state index contributed by atoms with van der Waals surface area (Å²) in [5.41, 5.74) is 0.609. The van der Waals surface area contributed by atoms with Gasteiger partial charge in [-0.1, -0.05) is 17.7 Å². The Bertz CT molecular complexity index is 335. The van der Waals surface area contributed by atoms with Crippen LogP contribution in [0, 0.1) is 0 Å². The van der Waals surface area contributed by atoms with Gasteiger partial charge in [-0.25, -0.2) is 0 Å². The van der Waals surface area contributed by atoms with E-state index in [1.54, 1.807) is 18.2 Å². The fourth-order valence-electron chi connectivity index (χ4n) is 1.21. The normalized spacial score (nSPS) is 15.0. The van der Waals surface area contributed by atoms with Crippen LogP contribution >= 0.6 is 40.2 Å². The maximum Gasteiger partial charge on any atom is 0.105 e. The van der Waals surface area contributed by atoms with Gasteiger partial charge in [0.05, 0.1) is 11.1 Å². The first-order valence-electron chi connectivity index (χ1n) is 4.48. The van der Waals surface area contributed by atoms with E-state index in [4.69, 9.17) is 11.6 Å². The predicted octanol–water partition coefficient (Wildman–Crippen LogP) is 2.82. The molecule has 84 valence electrons. The van der Waals surface area contributed by atoms with E-state index < -0.39 is 12.2 Å². The lowest BCUT2D eigenvalue weighted by Crippen LogP contribution is -2.18. The van der Waals surface area contributed by atoms with E-state index in [1.807, 2.05) is 0 Å². The topological polar surface area (TPSA) is 40.5 Å². The second kappa shape index (κ2) is 6.11. The first-order chi connectivity index (χ1) is 7.06. The third-order valence-corrected chi connectivity index (χ3v) is 3.57. The molecule has 0 saturated heterocycles. The highest BCUT2D eigenvalue weighted by atomic mass is 79.9. The van der Waals surface area contributed by atoms with Gasteiger partial charge in [-0.3, -0.25) is 0 Å². The number of aliphatic hydroxyl groups excluding tert-OH is 2. The number of benzene rings is 1. The number of rotatable bonds is 4. The number of hydrogen-bond acceptors (Lipinski definition) is 3. The Morgan fingerprint density at radius 3 is 2.60 bits per heavy atom. The molecule has 2 unspecified atom stereocenters. The molecule has 0 bridgehead atoms. The van der Waals surface area contributed by atoms with Crippen LogP contribution in [0.4, 0.5) is 0 Å². The molecular formula is C10H12BrClO2S. The van der Waals surface area contributed by atoms with Crippen molar-refractivity contribution in [3.63, 3.8) is 0 Å². The predicted molar refractivity (Wildman–Crippen MR) is 68.6 cm³/mol. The van der Waals surface area contributed by atoms with Gasteiger partial charge in [0.25, 0.3) is 0 Å². The summed E-state index contributed by atoms with van der Waals surface area (Å²) in [4.78, 5) is 0. The molecule has 0 aliphatic carbocycles. The van der Waals surface area contributed by atoms with Crippen molar-refractivity contribution in [2.45, 2.75) is 18.6 Å². The molecule has 1 rings (SSSR count). The summed E-state index contributed by atoms with van der Waals surface area (Å²) >= 11 is 13.1. The van der Waals surface area contributed by atoms with Crippen molar-refractivity contribution in [2.75, 3.05) is 5.75 Å². The first-order valence-corrected chi connectivity index (χ1v) is 6.28. The fourth-order valence-corrected chi connectivity index (χ4v) is 1.91. The molecule has 2 N–H and O–H groups in total. The highest BCUT2D eigenvalue weighted by Gasteiger charge is 2.18. The van der Waals surface area contributed by atoms with Gasteiger partial charge in [-0.2, -0.15) is 12.6 Å². The van der Waals surface area contributed by atoms with Gasteiger partial charge < -0.3 is 10.2 Å². The lowest BCUT2D eigenvalue weighted by molar-refractivity contribution is 0.0172. The Morgan fingerprint density at radius 2 is 2.07 bits per heavy atom. The van der Waals surface area contributed by atoms with E-state index in [0.717, 1.165) is 4.47 Å². The minimum Gasteiger partial charge on any atom is -0.390 e. The molecule has 0 aromatic heterocycles. The minimum absolute atomic E-state index is 0.442. The van der Waals surface area contributed by atoms with Gasteiger partial charge in [-0.05, 0) is 45.8 Å². The van der Waals surface area contributed by atoms with Gasteiger partial charge in [-0.15, -0.1) is 0 Å². The molecule has 0 saturated carbocycles. The maximum atomic E-state index is 9.78. The Balaban J connectivity index is 2.81. The van der Waals surface area contributed by atoms with Crippen molar-refractivity contribution >= 4 is 40.2 Å². The SMILES string of the molecule is OC(CCS)C(O)c1ccc(Br)c(Cl)c1. The maximum absolute atomic E-state index is 9.78. The molecule has 0 aliphatic rings. The number of halogens is 2. The Morgan fingerprint density at radius 1 is 1.40 bits per heavy atom. The van der Waals surface area contributed by atoms with Gasteiger partial charge >= 0.3 is 0 Å². The van der Waals surface area contributed by atoms with Gasteiger partial charge in [0, 0.05) is 4.47 Å². The van der Waals surface area contributed by atoms with E-state index in [-0.39, 0.29) is 0 Å². The molecule has 0 amide bonds. The lowest BCUT2D eigenvalue weighted by atomic mass is 10.0. The van der Waals surface area contributed by atoms with Gasteiger partial charge in [0.15, 0.2) is 0 Å². The average molecular weight is 312 g/mol. The summed E-state index contributed by atoms with van der Waals surface area (Å²) < 4.78 is 0.767. The van der Waals surface area contributed by atoms with Crippen LogP contribution in [0.15, 0.2) is 22.7 Å². The molecule has 2 nitrogen and oxygen atoms in total. The largest absolute Gasteiger partial charge is 0.390 e. The quantitative estimate of drug-likeness (QED) is 0.748. The minimum atomic E-state index is -0.914. The van der Waals surface area contributed by atoms with Crippen molar-refractivity contribution < 1.29 is 10.2 Å². The summed E-state index contributed by atoms with van der Waals surface area (Å²) in [5.74, 6) is 0.530. The average Bonchev–Trinajstić information content (AvgIpc) is 2.21. The van der Waals surface area contributed by atoms with E-state index in [9.17, 15) is 10.2 Å². The van der Waals surface area contributed by atoms with Crippen molar-refractivity contribution in [1.29, 1.82) is 0 Å². The number of hydrogen-bond donors (Lipinski definition) is 3. The summed E-state index contributed by atoms with van der Waals surface area (Å²) in [7, 11) is 0. The summed E-state index contributed by atoms with van der Waals surface area (Å²) in [6, 6.07) is 5.11. The molecule has 0 radical (unpaired) electrons. The van der Waals surface area contributed by atoms with E-state index in [0.29, 0.717) is 22.8 Å². The second-order valence-electron chi connectivity index (χ2n) is 3.20. The second-order valence-corrected chi connectivity index (χ2v) is 4.91. The van der Waals surface area contributed by atoms with Crippen LogP contribution in [-0.4, -0.2) is 22.1 Å². The van der Waals surface area contributed by atoms with Gasteiger partial charge in [0.1, 0.15) is 6.10 Å². The Hall–Kier alpha value is 0.260. The molecule has 0 aliphatic heterocycles. The molecule has 2 atom stereocenters. The van der Waals surface area contributed by atoms with Gasteiger partial charge in [0.2, 0.25) is 0 Å². The zero-order valence-corrected chi connectivity index (χ0v) is 11.1. The van der Waals surface area contributed by atoms with Crippen LogP contribution in [-0.2, 0) is 0 Å². The Kier molecular flexibility index (Phi) is 5.43. The monoisotopic (exact) mass is 310 g/mol. The third-order valence-electron chi connectivity index (χ3n) is 2.07. The van der Waals surface area contributed by atoms with Crippen molar-refractivity contribution in [3.05, 3.63) is 33.3 Å². The van der Waals surface area contributed by atoms with Crippen LogP contribution in [0.2, 0.25) is 5.02 Å². The molecule has 5 heteroatoms. The molecule has 15 heavy (non-hydrogen) atoms. The molecule has 0 spiro atoms. The molecule has 1 aromatic rings. The Labute approximate surface area is 108 Å². The molecule has 0 fully saturated rings. The molecule has 0 heterocycles. The van der Waals surface area contributed by atoms with E-state index in [1.165, 1.54) is 0 Å². The number of aliphatic hydroxyl groups is 2. The standard InChI is InChI=1S/C10H12BrClO2S/c11-7-2-1-6(5-8(7)12)10(14)9(13)3-4-15/h1-2,5,9-10,13-15H,3-4H2. The third kappa shape index (κ3) is 3.64. The van der Waals surface area contributed by atoms with Crippen LogP contribution in [0.25, 0.3) is 0 Å². The van der Waals surface area contributed by atoms with Crippen molar-refractivity contribution in [2.24, 2.45) is 0 Å². The zero-order chi connectivity index (χ0) is 11.4. The molecular weight excluding hydrogens is 300 g/mol. The summed E-state index contributed by atoms with van der Waals surface area (Å²) in [5, 5.41) is 19.9. The lowest BCUT2D eigenvalue weighted by Gasteiger charge is -2.17. The highest BCUT2D eigenvalue weighted by Crippen LogP contribution is 2.27. The highest BCUT2D eigenvalue weighted by molar-refractivity contribution is 9.10. The van der Waals surface area contributed by atoms with Crippen LogP contribution in [0.3, 0.4) is 0 Å².